The van der Waals surface area contributed by atoms with Crippen LogP contribution in [-0.4, -0.2) is 57.2 Å². The maximum atomic E-state index is 11.9. The summed E-state index contributed by atoms with van der Waals surface area (Å²) >= 11 is 0. The second-order valence-corrected chi connectivity index (χ2v) is 6.15. The highest BCUT2D eigenvalue weighted by molar-refractivity contribution is 7.89. The van der Waals surface area contributed by atoms with Crippen molar-refractivity contribution in [3.63, 3.8) is 0 Å². The van der Waals surface area contributed by atoms with Gasteiger partial charge in [-0.2, -0.15) is 4.31 Å². The molecule has 0 saturated carbocycles. The lowest BCUT2D eigenvalue weighted by Gasteiger charge is -2.25. The molecule has 1 aliphatic heterocycles. The number of rotatable bonds is 5. The monoisotopic (exact) mass is 288 g/mol. The Morgan fingerprint density at radius 3 is 2.74 bits per heavy atom. The van der Waals surface area contributed by atoms with Gasteiger partial charge in [-0.3, -0.25) is 4.79 Å². The van der Waals surface area contributed by atoms with Gasteiger partial charge in [0.15, 0.2) is 5.76 Å². The number of hydrogen-bond donors (Lipinski definition) is 1. The lowest BCUT2D eigenvalue weighted by Crippen LogP contribution is -2.43. The first-order chi connectivity index (χ1) is 9.09. The van der Waals surface area contributed by atoms with Crippen LogP contribution in [0, 0.1) is 0 Å². The molecule has 1 amide bonds. The second kappa shape index (κ2) is 6.18. The molecule has 1 saturated heterocycles. The molecule has 0 unspecified atom stereocenters. The van der Waals surface area contributed by atoms with Crippen molar-refractivity contribution in [1.82, 2.24) is 9.62 Å². The van der Waals surface area contributed by atoms with Gasteiger partial charge in [0.05, 0.1) is 25.2 Å². The maximum absolute atomic E-state index is 11.9. The van der Waals surface area contributed by atoms with Crippen LogP contribution in [0.5, 0.6) is 0 Å². The molecule has 0 bridgehead atoms. The van der Waals surface area contributed by atoms with Crippen LogP contribution in [0.4, 0.5) is 0 Å². The van der Waals surface area contributed by atoms with E-state index in [-0.39, 0.29) is 18.1 Å². The summed E-state index contributed by atoms with van der Waals surface area (Å²) in [6.45, 7) is 1.62. The number of furan rings is 1. The topological polar surface area (TPSA) is 88.9 Å². The molecule has 0 atom stereocenters. The molecule has 0 aliphatic carbocycles. The Morgan fingerprint density at radius 2 is 2.11 bits per heavy atom. The minimum Gasteiger partial charge on any atom is -0.459 e. The highest BCUT2D eigenvalue weighted by Gasteiger charge is 2.24. The van der Waals surface area contributed by atoms with Crippen LogP contribution in [0.25, 0.3) is 0 Å². The third-order valence-electron chi connectivity index (χ3n) is 2.75. The average molecular weight is 288 g/mol. The van der Waals surface area contributed by atoms with Gasteiger partial charge in [-0.05, 0) is 12.1 Å². The van der Waals surface area contributed by atoms with Crippen molar-refractivity contribution in [2.75, 3.05) is 38.6 Å². The molecule has 1 N–H and O–H groups in total. The normalized spacial score (nSPS) is 17.3. The number of amides is 1. The van der Waals surface area contributed by atoms with E-state index < -0.39 is 15.9 Å². The fourth-order valence-electron chi connectivity index (χ4n) is 1.74. The predicted octanol–water partition coefficient (Wildman–Crippen LogP) is -0.329. The highest BCUT2D eigenvalue weighted by Crippen LogP contribution is 2.05. The van der Waals surface area contributed by atoms with Gasteiger partial charge in [-0.25, -0.2) is 8.42 Å². The molecule has 0 radical (unpaired) electrons. The van der Waals surface area contributed by atoms with Crippen molar-refractivity contribution >= 4 is 15.9 Å². The van der Waals surface area contributed by atoms with Crippen LogP contribution in [-0.2, 0) is 14.8 Å². The summed E-state index contributed by atoms with van der Waals surface area (Å²) in [5.74, 6) is -0.370. The molecule has 0 aromatic carbocycles. The molecule has 7 nitrogen and oxygen atoms in total. The van der Waals surface area contributed by atoms with Gasteiger partial charge in [-0.15, -0.1) is 0 Å². The van der Waals surface area contributed by atoms with Gasteiger partial charge in [0.1, 0.15) is 0 Å². The van der Waals surface area contributed by atoms with E-state index in [1.807, 2.05) is 0 Å². The van der Waals surface area contributed by atoms with Crippen molar-refractivity contribution in [1.29, 1.82) is 0 Å². The zero-order valence-corrected chi connectivity index (χ0v) is 11.2. The molecule has 1 fully saturated rings. The summed E-state index contributed by atoms with van der Waals surface area (Å²) < 4.78 is 35.3. The number of carbonyl (C=O) groups is 1. The zero-order valence-electron chi connectivity index (χ0n) is 10.4. The largest absolute Gasteiger partial charge is 0.459 e. The minimum absolute atomic E-state index is 0.0548. The van der Waals surface area contributed by atoms with Crippen LogP contribution < -0.4 is 5.32 Å². The van der Waals surface area contributed by atoms with Crippen molar-refractivity contribution in [3.05, 3.63) is 24.2 Å². The average Bonchev–Trinajstić information content (AvgIpc) is 2.93. The van der Waals surface area contributed by atoms with Gasteiger partial charge in [-0.1, -0.05) is 0 Å². The van der Waals surface area contributed by atoms with Gasteiger partial charge in [0.25, 0.3) is 5.91 Å². The predicted molar refractivity (Wildman–Crippen MR) is 67.2 cm³/mol. The van der Waals surface area contributed by atoms with Crippen LogP contribution in [0.1, 0.15) is 10.6 Å². The quantitative estimate of drug-likeness (QED) is 0.801. The Labute approximate surface area is 111 Å². The van der Waals surface area contributed by atoms with Crippen LogP contribution >= 0.6 is 0 Å². The summed E-state index contributed by atoms with van der Waals surface area (Å²) in [5.41, 5.74) is 0. The number of nitrogens with zero attached hydrogens (tertiary/aromatic N) is 1. The standard InChI is InChI=1S/C11H16N2O5S/c14-11(10-2-1-6-18-10)12-3-9-19(15,16)13-4-7-17-8-5-13/h1-2,6H,3-5,7-9H2,(H,12,14). The van der Waals surface area contributed by atoms with Crippen molar-refractivity contribution in [3.8, 4) is 0 Å². The van der Waals surface area contributed by atoms with Crippen molar-refractivity contribution < 1.29 is 22.4 Å². The smallest absolute Gasteiger partial charge is 0.287 e. The number of morpholine rings is 1. The molecule has 2 heterocycles. The van der Waals surface area contributed by atoms with E-state index in [2.05, 4.69) is 5.32 Å². The summed E-state index contributed by atoms with van der Waals surface area (Å²) in [6.07, 6.45) is 1.39. The van der Waals surface area contributed by atoms with E-state index in [0.717, 1.165) is 0 Å². The molecule has 2 rings (SSSR count). The summed E-state index contributed by atoms with van der Waals surface area (Å²) in [4.78, 5) is 11.5. The number of ether oxygens (including phenoxy) is 1. The van der Waals surface area contributed by atoms with Crippen LogP contribution in [0.2, 0.25) is 0 Å². The van der Waals surface area contributed by atoms with Crippen LogP contribution in [0.3, 0.4) is 0 Å². The highest BCUT2D eigenvalue weighted by atomic mass is 32.2. The molecule has 8 heteroatoms. The van der Waals surface area contributed by atoms with E-state index in [9.17, 15) is 13.2 Å². The zero-order chi connectivity index (χ0) is 13.7. The van der Waals surface area contributed by atoms with E-state index in [1.165, 1.54) is 16.6 Å². The minimum atomic E-state index is -3.34. The lowest BCUT2D eigenvalue weighted by molar-refractivity contribution is 0.0730. The molecular weight excluding hydrogens is 272 g/mol. The number of hydrogen-bond acceptors (Lipinski definition) is 5. The molecule has 0 spiro atoms. The molecule has 1 aromatic heterocycles. The molecule has 1 aliphatic rings. The summed E-state index contributed by atoms with van der Waals surface area (Å²) in [5, 5.41) is 2.51. The second-order valence-electron chi connectivity index (χ2n) is 4.06. The third-order valence-corrected chi connectivity index (χ3v) is 4.63. The molecule has 1 aromatic rings. The van der Waals surface area contributed by atoms with Crippen molar-refractivity contribution in [2.45, 2.75) is 0 Å². The Balaban J connectivity index is 1.80. The first kappa shape index (κ1) is 14.0. The van der Waals surface area contributed by atoms with Gasteiger partial charge in [0, 0.05) is 19.6 Å². The van der Waals surface area contributed by atoms with E-state index >= 15 is 0 Å². The molecule has 19 heavy (non-hydrogen) atoms. The maximum Gasteiger partial charge on any atom is 0.287 e. The number of nitrogens with one attached hydrogen (secondary N) is 1. The first-order valence-corrected chi connectivity index (χ1v) is 7.58. The van der Waals surface area contributed by atoms with Crippen molar-refractivity contribution in [2.24, 2.45) is 0 Å². The van der Waals surface area contributed by atoms with Crippen LogP contribution in [0.15, 0.2) is 22.8 Å². The van der Waals surface area contributed by atoms with Gasteiger partial charge >= 0.3 is 0 Å². The fraction of sp³-hybridized carbons (Fsp3) is 0.545. The Kier molecular flexibility index (Phi) is 4.56. The molecular formula is C11H16N2O5S. The first-order valence-electron chi connectivity index (χ1n) is 5.97. The summed E-state index contributed by atoms with van der Waals surface area (Å²) in [7, 11) is -3.34. The lowest BCUT2D eigenvalue weighted by atomic mass is 10.4. The number of sulfonamides is 1. The molecule has 106 valence electrons. The SMILES string of the molecule is O=C(NCCS(=O)(=O)N1CCOCC1)c1ccco1. The Hall–Kier alpha value is -1.38. The number of carbonyl (C=O) groups excluding carboxylic acids is 1. The van der Waals surface area contributed by atoms with E-state index in [1.54, 1.807) is 6.07 Å². The van der Waals surface area contributed by atoms with E-state index in [4.69, 9.17) is 9.15 Å². The third kappa shape index (κ3) is 3.79. The van der Waals surface area contributed by atoms with Gasteiger partial charge < -0.3 is 14.5 Å². The Bertz CT molecular complexity index is 505. The van der Waals surface area contributed by atoms with E-state index in [0.29, 0.717) is 26.3 Å². The summed E-state index contributed by atoms with van der Waals surface area (Å²) in [6, 6.07) is 3.12. The Morgan fingerprint density at radius 1 is 1.37 bits per heavy atom. The fourth-order valence-corrected chi connectivity index (χ4v) is 3.07. The van der Waals surface area contributed by atoms with Gasteiger partial charge in [0.2, 0.25) is 10.0 Å².